The largest absolute Gasteiger partial charge is 0.269 e. The van der Waals surface area contributed by atoms with Crippen LogP contribution < -0.4 is 0 Å². The number of benzene rings is 6. The van der Waals surface area contributed by atoms with E-state index in [-0.39, 0.29) is 61.5 Å². The summed E-state index contributed by atoms with van der Waals surface area (Å²) in [5.41, 5.74) is 11.8. The summed E-state index contributed by atoms with van der Waals surface area (Å²) in [6.07, 6.45) is 0. The first-order chi connectivity index (χ1) is 31.3. The van der Waals surface area contributed by atoms with Crippen molar-refractivity contribution < 1.29 is 14.8 Å². The van der Waals surface area contributed by atoms with Crippen molar-refractivity contribution in [3.63, 3.8) is 0 Å². The van der Waals surface area contributed by atoms with Gasteiger partial charge in [-0.25, -0.2) is 0 Å². The smallest absolute Gasteiger partial charge is 0.258 e. The van der Waals surface area contributed by atoms with Gasteiger partial charge in [-0.05, 0) is 113 Å². The Balaban J connectivity index is -0.000000376. The molecule has 0 aliphatic heterocycles. The lowest BCUT2D eigenvalue weighted by molar-refractivity contribution is -0.385. The summed E-state index contributed by atoms with van der Waals surface area (Å²) in [5.74, 6) is 3.12. The average Bonchev–Trinajstić information content (AvgIpc) is 3.27. The fourth-order valence-corrected chi connectivity index (χ4v) is 6.70. The van der Waals surface area contributed by atoms with Crippen molar-refractivity contribution in [2.24, 2.45) is 0 Å². The number of non-ortho nitro benzene ring substituents is 3. The Kier molecular flexibility index (Phi) is 37.2. The number of rotatable bonds is 9. The Morgan fingerprint density at radius 2 is 0.704 bits per heavy atom. The molecule has 0 unspecified atom stereocenters. The number of nitrogens with zero attached hydrogens (tertiary/aromatic N) is 3. The molecule has 6 rings (SSSR count). The van der Waals surface area contributed by atoms with Gasteiger partial charge < -0.3 is 0 Å². The van der Waals surface area contributed by atoms with Crippen LogP contribution >= 0.6 is 15.9 Å². The van der Waals surface area contributed by atoms with Crippen molar-refractivity contribution >= 4 is 33.0 Å². The number of hydrogen-bond donors (Lipinski definition) is 0. The van der Waals surface area contributed by atoms with Crippen LogP contribution in [0.2, 0.25) is 0 Å². The predicted octanol–water partition coefficient (Wildman–Crippen LogP) is 20.8. The summed E-state index contributed by atoms with van der Waals surface area (Å²) in [7, 11) is 0. The van der Waals surface area contributed by atoms with Crippen LogP contribution in [0.3, 0.4) is 0 Å². The van der Waals surface area contributed by atoms with Gasteiger partial charge in [0.25, 0.3) is 17.1 Å². The van der Waals surface area contributed by atoms with Crippen molar-refractivity contribution in [1.29, 1.82) is 0 Å². The van der Waals surface area contributed by atoms with E-state index in [2.05, 4.69) is 172 Å². The van der Waals surface area contributed by atoms with Crippen LogP contribution in [0.25, 0.3) is 0 Å². The lowest BCUT2D eigenvalue weighted by Crippen LogP contribution is -1.94. The highest BCUT2D eigenvalue weighted by Crippen LogP contribution is 2.24. The lowest BCUT2D eigenvalue weighted by atomic mass is 9.98. The monoisotopic (exact) mass is 1040 g/mol. The first kappa shape index (κ1) is 71.6. The average molecular weight is 1040 g/mol. The molecule has 10 heteroatoms. The molecular weight excluding hydrogens is 951 g/mol. The summed E-state index contributed by atoms with van der Waals surface area (Å²) in [4.78, 5) is 30.0. The molecule has 0 spiro atoms. The Bertz CT molecular complexity index is 2340. The van der Waals surface area contributed by atoms with Gasteiger partial charge in [0, 0.05) is 40.9 Å². The van der Waals surface area contributed by atoms with Gasteiger partial charge in [0.15, 0.2) is 0 Å². The maximum atomic E-state index is 10.4. The van der Waals surface area contributed by atoms with Crippen LogP contribution in [0.4, 0.5) is 17.1 Å². The van der Waals surface area contributed by atoms with E-state index in [4.69, 9.17) is 0 Å². The van der Waals surface area contributed by atoms with Crippen LogP contribution in [0.1, 0.15) is 198 Å². The van der Waals surface area contributed by atoms with Crippen molar-refractivity contribution in [3.8, 4) is 0 Å². The molecule has 6 aromatic carbocycles. The third-order valence-electron chi connectivity index (χ3n) is 10.7. The standard InChI is InChI=1S/C10H13NO2.2C10H14.C9H11Br.2C9H11NO2.4CH4/c1-7(2)10-5-4-9(11(12)13)6-8(10)3;1-8(2)10-6-4-9(3)5-7-10;1-8(2)10-7-5-4-6-9(10)3;1-7(2)8-3-5-9(10)6-4-8;1-7(2)8-3-5-9(6-4-8)10(11)12;1-7(2)8-4-3-5-9(6-8)10(11)12;;;;/h4-7H,1-3H3;2*4-8H,1-3H3;3-7H,1-2H3;2*3-7H,1-2H3;4*1H4. The van der Waals surface area contributed by atoms with Gasteiger partial charge in [-0.15, -0.1) is 0 Å². The summed E-state index contributed by atoms with van der Waals surface area (Å²) in [6.45, 7) is 31.7. The maximum Gasteiger partial charge on any atom is 0.269 e. The molecule has 0 N–H and O–H groups in total. The molecule has 0 heterocycles. The molecule has 6 aromatic rings. The molecule has 0 aromatic heterocycles. The van der Waals surface area contributed by atoms with Gasteiger partial charge in [0.05, 0.1) is 14.8 Å². The van der Waals surface area contributed by atoms with Gasteiger partial charge in [0.1, 0.15) is 0 Å². The van der Waals surface area contributed by atoms with E-state index in [9.17, 15) is 30.3 Å². The minimum Gasteiger partial charge on any atom is -0.258 e. The van der Waals surface area contributed by atoms with E-state index in [0.717, 1.165) is 21.2 Å². The summed E-state index contributed by atoms with van der Waals surface area (Å²) in [6, 6.07) is 44.1. The highest BCUT2D eigenvalue weighted by Gasteiger charge is 2.10. The van der Waals surface area contributed by atoms with Crippen molar-refractivity contribution in [1.82, 2.24) is 0 Å². The summed E-state index contributed by atoms with van der Waals surface area (Å²) < 4.78 is 1.15. The van der Waals surface area contributed by atoms with Gasteiger partial charge in [-0.1, -0.05) is 225 Å². The van der Waals surface area contributed by atoms with E-state index in [1.54, 1.807) is 36.4 Å². The quantitative estimate of drug-likeness (QED) is 0.105. The third-order valence-corrected chi connectivity index (χ3v) is 11.2. The zero-order valence-corrected chi connectivity index (χ0v) is 44.0. The molecule has 0 radical (unpaired) electrons. The van der Waals surface area contributed by atoms with E-state index >= 15 is 0 Å². The lowest BCUT2D eigenvalue weighted by Gasteiger charge is -2.08. The first-order valence-electron chi connectivity index (χ1n) is 23.0. The highest BCUT2D eigenvalue weighted by molar-refractivity contribution is 9.10. The number of nitro groups is 3. The third kappa shape index (κ3) is 27.8. The Morgan fingerprint density at radius 3 is 1.06 bits per heavy atom. The van der Waals surface area contributed by atoms with Crippen molar-refractivity contribution in [2.45, 2.75) is 169 Å². The number of aryl methyl sites for hydroxylation is 3. The van der Waals surface area contributed by atoms with E-state index in [0.29, 0.717) is 35.5 Å². The normalized spacial score (nSPS) is 9.77. The molecule has 0 saturated heterocycles. The van der Waals surface area contributed by atoms with E-state index < -0.39 is 0 Å². The van der Waals surface area contributed by atoms with Gasteiger partial charge in [0.2, 0.25) is 0 Å². The van der Waals surface area contributed by atoms with Crippen LogP contribution in [0, 0.1) is 51.1 Å². The Morgan fingerprint density at radius 1 is 0.352 bits per heavy atom. The number of hydrogen-bond acceptors (Lipinski definition) is 6. The minimum atomic E-state index is -0.385. The molecule has 0 saturated carbocycles. The fraction of sp³-hybridized carbons (Fsp3) is 0.410. The molecule has 0 aliphatic rings. The molecule has 0 bridgehead atoms. The number of nitro benzene ring substituents is 3. The second kappa shape index (κ2) is 36.9. The van der Waals surface area contributed by atoms with Crippen molar-refractivity contribution in [2.75, 3.05) is 0 Å². The van der Waals surface area contributed by atoms with Gasteiger partial charge >= 0.3 is 0 Å². The topological polar surface area (TPSA) is 129 Å². The zero-order valence-electron chi connectivity index (χ0n) is 42.4. The highest BCUT2D eigenvalue weighted by atomic mass is 79.9. The molecule has 71 heavy (non-hydrogen) atoms. The van der Waals surface area contributed by atoms with Crippen LogP contribution in [0.5, 0.6) is 0 Å². The molecule has 0 aliphatic carbocycles. The van der Waals surface area contributed by atoms with Gasteiger partial charge in [-0.3, -0.25) is 30.3 Å². The second-order valence-corrected chi connectivity index (χ2v) is 19.2. The van der Waals surface area contributed by atoms with Gasteiger partial charge in [-0.2, -0.15) is 0 Å². The second-order valence-electron chi connectivity index (χ2n) is 18.2. The van der Waals surface area contributed by atoms with E-state index in [1.807, 2.05) is 32.9 Å². The van der Waals surface area contributed by atoms with Crippen molar-refractivity contribution in [3.05, 3.63) is 224 Å². The SMILES string of the molecule is C.C.C.C.CC(C)c1ccc(Br)cc1.CC(C)c1ccc([N+](=O)[O-])cc1.CC(C)c1cccc([N+](=O)[O-])c1.Cc1cc([N+](=O)[O-])ccc1C(C)C.Cc1ccc(C(C)C)cc1.Cc1ccccc1C(C)C. The Labute approximate surface area is 439 Å². The van der Waals surface area contributed by atoms with E-state index in [1.165, 1.54) is 51.6 Å². The molecule has 392 valence electrons. The zero-order chi connectivity index (χ0) is 51.0. The maximum absolute atomic E-state index is 10.4. The molecule has 0 fully saturated rings. The Hall–Kier alpha value is -6.00. The first-order valence-corrected chi connectivity index (χ1v) is 23.8. The predicted molar refractivity (Wildman–Crippen MR) is 312 cm³/mol. The number of halogens is 1. The van der Waals surface area contributed by atoms with Crippen LogP contribution in [-0.2, 0) is 0 Å². The summed E-state index contributed by atoms with van der Waals surface area (Å²) >= 11 is 3.39. The minimum absolute atomic E-state index is 0. The molecule has 0 atom stereocenters. The molecule has 0 amide bonds. The fourth-order valence-electron chi connectivity index (χ4n) is 6.43. The summed E-state index contributed by atoms with van der Waals surface area (Å²) in [5, 5.41) is 31.1. The van der Waals surface area contributed by atoms with Crippen LogP contribution in [0.15, 0.2) is 144 Å². The molecule has 9 nitrogen and oxygen atoms in total. The molecular formula is C61H90BrN3O6. The van der Waals surface area contributed by atoms with Crippen LogP contribution in [-0.4, -0.2) is 14.8 Å².